The minimum absolute atomic E-state index is 0.0334. The van der Waals surface area contributed by atoms with Gasteiger partial charge in [0, 0.05) is 37.5 Å². The van der Waals surface area contributed by atoms with Crippen LogP contribution in [0.15, 0.2) is 18.2 Å². The first-order valence-corrected chi connectivity index (χ1v) is 9.82. The molecule has 0 aliphatic carbocycles. The van der Waals surface area contributed by atoms with Gasteiger partial charge in [-0.05, 0) is 18.2 Å². The Morgan fingerprint density at radius 1 is 1.31 bits per heavy atom. The van der Waals surface area contributed by atoms with E-state index in [1.807, 2.05) is 0 Å². The molecule has 2 aromatic rings. The molecule has 0 radical (unpaired) electrons. The largest absolute Gasteiger partial charge is 0.298 e. The predicted octanol–water partition coefficient (Wildman–Crippen LogP) is 1.84. The number of carbonyl (C=O) groups excluding carboxylic acids is 1. The molecule has 140 valence electrons. The van der Waals surface area contributed by atoms with Crippen LogP contribution in [0.3, 0.4) is 0 Å². The monoisotopic (exact) mass is 402 g/mol. The van der Waals surface area contributed by atoms with E-state index in [9.17, 15) is 22.0 Å². The average molecular weight is 402 g/mol. The molecular weight excluding hydrogens is 386 g/mol. The van der Waals surface area contributed by atoms with Gasteiger partial charge in [0.1, 0.15) is 0 Å². The molecule has 0 bridgehead atoms. The Hall–Kier alpha value is -1.95. The molecule has 1 aromatic carbocycles. The lowest BCUT2D eigenvalue weighted by Gasteiger charge is -2.27. The van der Waals surface area contributed by atoms with Crippen LogP contribution in [0.5, 0.6) is 0 Å². The first kappa shape index (κ1) is 18.8. The number of thiazole rings is 1. The van der Waals surface area contributed by atoms with Crippen molar-refractivity contribution in [2.24, 2.45) is 0 Å². The highest BCUT2D eigenvalue weighted by Crippen LogP contribution is 2.30. The Kier molecular flexibility index (Phi) is 5.06. The predicted molar refractivity (Wildman–Crippen MR) is 93.1 cm³/mol. The third kappa shape index (κ3) is 3.61. The number of rotatable bonds is 4. The molecule has 0 fully saturated rings. The quantitative estimate of drug-likeness (QED) is 0.846. The Balaban J connectivity index is 1.76. The number of fused-ring (bicyclic) bond motifs is 1. The zero-order valence-electron chi connectivity index (χ0n) is 14.0. The highest BCUT2D eigenvalue weighted by molar-refractivity contribution is 7.86. The maximum Gasteiger partial charge on any atom is 0.281 e. The van der Waals surface area contributed by atoms with Gasteiger partial charge in [0.05, 0.1) is 12.2 Å². The average Bonchev–Trinajstić information content (AvgIpc) is 2.98. The van der Waals surface area contributed by atoms with Crippen LogP contribution in [0.25, 0.3) is 0 Å². The van der Waals surface area contributed by atoms with E-state index >= 15 is 0 Å². The molecular formula is C15H16F2N4O3S2. The van der Waals surface area contributed by atoms with Crippen molar-refractivity contribution < 1.29 is 22.0 Å². The maximum atomic E-state index is 13.2. The van der Waals surface area contributed by atoms with E-state index < -0.39 is 27.8 Å². The van der Waals surface area contributed by atoms with Crippen molar-refractivity contribution in [1.82, 2.24) is 13.6 Å². The Labute approximate surface area is 153 Å². The van der Waals surface area contributed by atoms with Crippen LogP contribution in [0.2, 0.25) is 0 Å². The smallest absolute Gasteiger partial charge is 0.281 e. The summed E-state index contributed by atoms with van der Waals surface area (Å²) in [6.07, 6.45) is 0.431. The Bertz CT molecular complexity index is 960. The van der Waals surface area contributed by atoms with Crippen molar-refractivity contribution in [3.8, 4) is 0 Å². The van der Waals surface area contributed by atoms with Crippen LogP contribution in [0, 0.1) is 11.6 Å². The van der Waals surface area contributed by atoms with Crippen LogP contribution >= 0.6 is 11.3 Å². The van der Waals surface area contributed by atoms with Gasteiger partial charge in [-0.15, -0.1) is 11.3 Å². The topological polar surface area (TPSA) is 82.6 Å². The SMILES string of the molecule is CN(C)S(=O)(=O)N1CCc2nc(NC(=O)c3ccc(F)c(F)c3)sc2C1. The highest BCUT2D eigenvalue weighted by Gasteiger charge is 2.30. The molecule has 0 saturated carbocycles. The van der Waals surface area contributed by atoms with Crippen LogP contribution in [-0.4, -0.2) is 48.6 Å². The van der Waals surface area contributed by atoms with Crippen molar-refractivity contribution in [3.05, 3.63) is 46.0 Å². The van der Waals surface area contributed by atoms with Crippen LogP contribution < -0.4 is 5.32 Å². The molecule has 1 aliphatic rings. The number of aromatic nitrogens is 1. The molecule has 26 heavy (non-hydrogen) atoms. The van der Waals surface area contributed by atoms with Gasteiger partial charge in [0.25, 0.3) is 16.1 Å². The number of anilines is 1. The molecule has 1 aliphatic heterocycles. The molecule has 3 rings (SSSR count). The lowest BCUT2D eigenvalue weighted by molar-refractivity contribution is 0.102. The summed E-state index contributed by atoms with van der Waals surface area (Å²) in [5.74, 6) is -2.76. The van der Waals surface area contributed by atoms with Crippen molar-refractivity contribution in [2.75, 3.05) is 26.0 Å². The zero-order valence-corrected chi connectivity index (χ0v) is 15.6. The molecule has 1 amide bonds. The minimum atomic E-state index is -3.53. The molecule has 0 saturated heterocycles. The fourth-order valence-electron chi connectivity index (χ4n) is 2.46. The van der Waals surface area contributed by atoms with Gasteiger partial charge in [-0.25, -0.2) is 13.8 Å². The molecule has 0 spiro atoms. The number of halogens is 2. The summed E-state index contributed by atoms with van der Waals surface area (Å²) in [5, 5.41) is 2.83. The standard InChI is InChI=1S/C15H16F2N4O3S2/c1-20(2)26(23,24)21-6-5-12-13(8-21)25-15(18-12)19-14(22)9-3-4-10(16)11(17)7-9/h3-4,7H,5-6,8H2,1-2H3,(H,18,19,22). The summed E-state index contributed by atoms with van der Waals surface area (Å²) in [6.45, 7) is 0.475. The summed E-state index contributed by atoms with van der Waals surface area (Å²) in [6, 6.07) is 2.86. The fraction of sp³-hybridized carbons (Fsp3) is 0.333. The van der Waals surface area contributed by atoms with Gasteiger partial charge < -0.3 is 0 Å². The van der Waals surface area contributed by atoms with Gasteiger partial charge >= 0.3 is 0 Å². The van der Waals surface area contributed by atoms with E-state index in [4.69, 9.17) is 0 Å². The summed E-state index contributed by atoms with van der Waals surface area (Å²) < 4.78 is 53.1. The van der Waals surface area contributed by atoms with E-state index in [0.29, 0.717) is 13.0 Å². The van der Waals surface area contributed by atoms with E-state index in [1.54, 1.807) is 0 Å². The Morgan fingerprint density at radius 3 is 2.69 bits per heavy atom. The molecule has 0 unspecified atom stereocenters. The third-order valence-corrected chi connectivity index (χ3v) is 6.77. The van der Waals surface area contributed by atoms with E-state index in [2.05, 4.69) is 10.3 Å². The van der Waals surface area contributed by atoms with Crippen LogP contribution in [0.1, 0.15) is 20.9 Å². The first-order chi connectivity index (χ1) is 12.2. The number of nitrogens with one attached hydrogen (secondary N) is 1. The van der Waals surface area contributed by atoms with Gasteiger partial charge in [-0.1, -0.05) is 0 Å². The molecule has 7 nitrogen and oxygen atoms in total. The normalized spacial score (nSPS) is 15.1. The lowest BCUT2D eigenvalue weighted by Crippen LogP contribution is -2.42. The Morgan fingerprint density at radius 2 is 2.04 bits per heavy atom. The van der Waals surface area contributed by atoms with Gasteiger partial charge in [-0.2, -0.15) is 17.0 Å². The number of benzene rings is 1. The van der Waals surface area contributed by atoms with Crippen molar-refractivity contribution in [1.29, 1.82) is 0 Å². The summed E-state index contributed by atoms with van der Waals surface area (Å²) in [7, 11) is -0.601. The number of hydrogen-bond acceptors (Lipinski definition) is 5. The first-order valence-electron chi connectivity index (χ1n) is 7.61. The molecule has 11 heteroatoms. The number of amides is 1. The third-order valence-electron chi connectivity index (χ3n) is 3.89. The number of nitrogens with zero attached hydrogens (tertiary/aromatic N) is 3. The molecule has 0 atom stereocenters. The summed E-state index contributed by atoms with van der Waals surface area (Å²) >= 11 is 1.16. The summed E-state index contributed by atoms with van der Waals surface area (Å²) in [4.78, 5) is 17.2. The molecule has 2 heterocycles. The van der Waals surface area contributed by atoms with Crippen molar-refractivity contribution in [2.45, 2.75) is 13.0 Å². The highest BCUT2D eigenvalue weighted by atomic mass is 32.2. The van der Waals surface area contributed by atoms with E-state index in [0.717, 1.165) is 38.3 Å². The van der Waals surface area contributed by atoms with Gasteiger partial charge in [-0.3, -0.25) is 10.1 Å². The maximum absolute atomic E-state index is 13.2. The van der Waals surface area contributed by atoms with Crippen LogP contribution in [-0.2, 0) is 23.2 Å². The molecule has 1 N–H and O–H groups in total. The minimum Gasteiger partial charge on any atom is -0.298 e. The summed E-state index contributed by atoms with van der Waals surface area (Å²) in [5.41, 5.74) is 0.690. The fourth-order valence-corrected chi connectivity index (χ4v) is 4.64. The van der Waals surface area contributed by atoms with Gasteiger partial charge in [0.15, 0.2) is 16.8 Å². The van der Waals surface area contributed by atoms with Crippen LogP contribution in [0.4, 0.5) is 13.9 Å². The molecule has 1 aromatic heterocycles. The second-order valence-corrected chi connectivity index (χ2v) is 9.07. The van der Waals surface area contributed by atoms with E-state index in [1.165, 1.54) is 24.5 Å². The van der Waals surface area contributed by atoms with Gasteiger partial charge in [0.2, 0.25) is 0 Å². The number of hydrogen-bond donors (Lipinski definition) is 1. The second kappa shape index (κ2) is 6.99. The zero-order chi connectivity index (χ0) is 19.1. The van der Waals surface area contributed by atoms with E-state index in [-0.39, 0.29) is 17.2 Å². The lowest BCUT2D eigenvalue weighted by atomic mass is 10.2. The van der Waals surface area contributed by atoms with Crippen molar-refractivity contribution >= 4 is 32.6 Å². The second-order valence-electron chi connectivity index (χ2n) is 5.85. The number of carbonyl (C=O) groups is 1. The van der Waals surface area contributed by atoms with Crippen molar-refractivity contribution in [3.63, 3.8) is 0 Å².